The summed E-state index contributed by atoms with van der Waals surface area (Å²) in [6, 6.07) is -0.396. The Labute approximate surface area is 108 Å². The number of cyclic esters (lactones) is 1. The second-order valence-electron chi connectivity index (χ2n) is 4.28. The number of hydrogen-bond donors (Lipinski definition) is 3. The van der Waals surface area contributed by atoms with Crippen molar-refractivity contribution in [2.45, 2.75) is 31.1 Å². The van der Waals surface area contributed by atoms with E-state index in [1.165, 1.54) is 0 Å². The molecule has 2 rings (SSSR count). The minimum Gasteiger partial charge on any atom is -0.505 e. The minimum atomic E-state index is -1.63. The molecule has 1 saturated heterocycles. The van der Waals surface area contributed by atoms with Crippen LogP contribution < -0.4 is 5.32 Å². The first kappa shape index (κ1) is 13.3. The number of nitrogens with one attached hydrogen (secondary N) is 1. The number of aliphatic hydroxyl groups is 2. The Morgan fingerprint density at radius 1 is 1.53 bits per heavy atom. The average molecular weight is 271 g/mol. The van der Waals surface area contributed by atoms with Crippen molar-refractivity contribution in [1.82, 2.24) is 5.32 Å². The number of esters is 1. The Kier molecular flexibility index (Phi) is 3.70. The van der Waals surface area contributed by atoms with Crippen LogP contribution in [0.2, 0.25) is 0 Å². The SMILES string of the molecule is O=COC(C(=O)C1OC(=O)C(O)=C1O)C1CCCN1. The zero-order valence-electron chi connectivity index (χ0n) is 9.87. The Bertz CT molecular complexity index is 438. The Morgan fingerprint density at radius 2 is 2.26 bits per heavy atom. The number of carbonyl (C=O) groups is 3. The predicted octanol–water partition coefficient (Wildman–Crippen LogP) is -0.898. The number of Topliss-reactive ketones (excluding diaryl/α,β-unsaturated/α-hetero) is 1. The molecule has 0 aromatic carbocycles. The molecule has 2 aliphatic rings. The molecule has 0 saturated carbocycles. The Balaban J connectivity index is 2.16. The maximum absolute atomic E-state index is 12.1. The lowest BCUT2D eigenvalue weighted by atomic mass is 10.0. The molecule has 3 unspecified atom stereocenters. The molecular weight excluding hydrogens is 258 g/mol. The van der Waals surface area contributed by atoms with E-state index in [1.54, 1.807) is 0 Å². The molecule has 0 aromatic rings. The molecule has 0 bridgehead atoms. The molecule has 0 aliphatic carbocycles. The third-order valence-electron chi connectivity index (χ3n) is 3.11. The predicted molar refractivity (Wildman–Crippen MR) is 59.1 cm³/mol. The lowest BCUT2D eigenvalue weighted by Crippen LogP contribution is -2.47. The van der Waals surface area contributed by atoms with E-state index in [-0.39, 0.29) is 6.47 Å². The minimum absolute atomic E-state index is 0.125. The lowest BCUT2D eigenvalue weighted by molar-refractivity contribution is -0.156. The number of carbonyl (C=O) groups excluding carboxylic acids is 3. The molecule has 1 fully saturated rings. The van der Waals surface area contributed by atoms with Gasteiger partial charge in [-0.15, -0.1) is 0 Å². The van der Waals surface area contributed by atoms with Gasteiger partial charge in [-0.3, -0.25) is 9.59 Å². The number of aliphatic hydroxyl groups excluding tert-OH is 2. The van der Waals surface area contributed by atoms with Crippen molar-refractivity contribution in [3.63, 3.8) is 0 Å². The fourth-order valence-corrected chi connectivity index (χ4v) is 2.18. The van der Waals surface area contributed by atoms with Gasteiger partial charge in [0.1, 0.15) is 0 Å². The quantitative estimate of drug-likeness (QED) is 0.434. The molecule has 0 amide bonds. The summed E-state index contributed by atoms with van der Waals surface area (Å²) in [5, 5.41) is 21.6. The standard InChI is InChI=1S/C11H13NO7/c13-4-18-9(5-2-1-3-12-5)8(16)10-6(14)7(15)11(17)19-10/h4-5,9-10,12,14-15H,1-3H2. The van der Waals surface area contributed by atoms with Crippen LogP contribution in [-0.4, -0.2) is 53.2 Å². The molecule has 8 heteroatoms. The molecule has 19 heavy (non-hydrogen) atoms. The third-order valence-corrected chi connectivity index (χ3v) is 3.11. The van der Waals surface area contributed by atoms with E-state index < -0.39 is 41.5 Å². The van der Waals surface area contributed by atoms with Crippen molar-refractivity contribution in [2.24, 2.45) is 0 Å². The maximum atomic E-state index is 12.1. The van der Waals surface area contributed by atoms with Gasteiger partial charge in [-0.1, -0.05) is 0 Å². The Morgan fingerprint density at radius 3 is 2.74 bits per heavy atom. The highest BCUT2D eigenvalue weighted by Crippen LogP contribution is 2.23. The van der Waals surface area contributed by atoms with Crippen LogP contribution in [-0.2, 0) is 23.9 Å². The summed E-state index contributed by atoms with van der Waals surface area (Å²) in [6.45, 7) is 0.800. The second-order valence-corrected chi connectivity index (χ2v) is 4.28. The summed E-state index contributed by atoms with van der Waals surface area (Å²) in [7, 11) is 0. The molecule has 2 aliphatic heterocycles. The summed E-state index contributed by atoms with van der Waals surface area (Å²) in [6.07, 6.45) is -1.37. The lowest BCUT2D eigenvalue weighted by Gasteiger charge is -2.22. The largest absolute Gasteiger partial charge is 0.505 e. The molecule has 104 valence electrons. The molecule has 2 heterocycles. The molecule has 0 aromatic heterocycles. The highest BCUT2D eigenvalue weighted by molar-refractivity contribution is 5.99. The van der Waals surface area contributed by atoms with E-state index >= 15 is 0 Å². The van der Waals surface area contributed by atoms with Crippen molar-refractivity contribution >= 4 is 18.2 Å². The van der Waals surface area contributed by atoms with Gasteiger partial charge in [0, 0.05) is 0 Å². The van der Waals surface area contributed by atoms with E-state index in [0.717, 1.165) is 6.42 Å². The third kappa shape index (κ3) is 2.39. The first-order chi connectivity index (χ1) is 9.06. The second kappa shape index (κ2) is 5.27. The van der Waals surface area contributed by atoms with Gasteiger partial charge in [0.15, 0.2) is 11.9 Å². The zero-order chi connectivity index (χ0) is 14.0. The van der Waals surface area contributed by atoms with E-state index in [2.05, 4.69) is 10.1 Å². The van der Waals surface area contributed by atoms with Crippen molar-refractivity contribution in [1.29, 1.82) is 0 Å². The van der Waals surface area contributed by atoms with Crippen LogP contribution >= 0.6 is 0 Å². The number of ether oxygens (including phenoxy) is 2. The highest BCUT2D eigenvalue weighted by Gasteiger charge is 2.45. The van der Waals surface area contributed by atoms with Crippen LogP contribution in [0.1, 0.15) is 12.8 Å². The van der Waals surface area contributed by atoms with Gasteiger partial charge in [-0.05, 0) is 19.4 Å². The molecule has 3 atom stereocenters. The summed E-state index contributed by atoms with van der Waals surface area (Å²) >= 11 is 0. The molecular formula is C11H13NO7. The summed E-state index contributed by atoms with van der Waals surface area (Å²) < 4.78 is 9.27. The van der Waals surface area contributed by atoms with Gasteiger partial charge in [0.2, 0.25) is 17.6 Å². The van der Waals surface area contributed by atoms with E-state index in [4.69, 9.17) is 9.84 Å². The summed E-state index contributed by atoms with van der Waals surface area (Å²) in [4.78, 5) is 33.6. The number of ketones is 1. The first-order valence-electron chi connectivity index (χ1n) is 5.75. The maximum Gasteiger partial charge on any atom is 0.378 e. The van der Waals surface area contributed by atoms with Crippen molar-refractivity contribution in [3.8, 4) is 0 Å². The van der Waals surface area contributed by atoms with Gasteiger partial charge in [-0.25, -0.2) is 4.79 Å². The van der Waals surface area contributed by atoms with Crippen LogP contribution in [0, 0.1) is 0 Å². The van der Waals surface area contributed by atoms with Gasteiger partial charge >= 0.3 is 5.97 Å². The smallest absolute Gasteiger partial charge is 0.378 e. The normalized spacial score (nSPS) is 28.1. The van der Waals surface area contributed by atoms with Gasteiger partial charge in [0.25, 0.3) is 6.47 Å². The zero-order valence-corrected chi connectivity index (χ0v) is 9.87. The van der Waals surface area contributed by atoms with Crippen molar-refractivity contribution < 1.29 is 34.1 Å². The first-order valence-corrected chi connectivity index (χ1v) is 5.75. The summed E-state index contributed by atoms with van der Waals surface area (Å²) in [5.41, 5.74) is 0. The van der Waals surface area contributed by atoms with E-state index in [0.29, 0.717) is 13.0 Å². The van der Waals surface area contributed by atoms with Gasteiger partial charge < -0.3 is 25.0 Å². The van der Waals surface area contributed by atoms with Crippen molar-refractivity contribution in [2.75, 3.05) is 6.54 Å². The molecule has 3 N–H and O–H groups in total. The van der Waals surface area contributed by atoms with E-state index in [1.807, 2.05) is 0 Å². The fraction of sp³-hybridized carbons (Fsp3) is 0.545. The van der Waals surface area contributed by atoms with Crippen LogP contribution in [0.15, 0.2) is 11.5 Å². The van der Waals surface area contributed by atoms with Gasteiger partial charge in [0.05, 0.1) is 6.04 Å². The van der Waals surface area contributed by atoms with E-state index in [9.17, 15) is 19.5 Å². The average Bonchev–Trinajstić information content (AvgIpc) is 3.00. The van der Waals surface area contributed by atoms with Crippen molar-refractivity contribution in [3.05, 3.63) is 11.5 Å². The number of rotatable bonds is 5. The van der Waals surface area contributed by atoms with Crippen LogP contribution in [0.25, 0.3) is 0 Å². The highest BCUT2D eigenvalue weighted by atomic mass is 16.6. The van der Waals surface area contributed by atoms with Gasteiger partial charge in [-0.2, -0.15) is 0 Å². The van der Waals surface area contributed by atoms with Crippen LogP contribution in [0.3, 0.4) is 0 Å². The molecule has 0 spiro atoms. The van der Waals surface area contributed by atoms with Crippen LogP contribution in [0.5, 0.6) is 0 Å². The topological polar surface area (TPSA) is 122 Å². The molecule has 0 radical (unpaired) electrons. The Hall–Kier alpha value is -2.09. The molecule has 8 nitrogen and oxygen atoms in total. The van der Waals surface area contributed by atoms with Crippen LogP contribution in [0.4, 0.5) is 0 Å². The summed E-state index contributed by atoms with van der Waals surface area (Å²) in [5.74, 6) is -3.82. The monoisotopic (exact) mass is 271 g/mol. The number of hydrogen-bond acceptors (Lipinski definition) is 8. The fourth-order valence-electron chi connectivity index (χ4n) is 2.18.